The molecule has 2 aromatic carbocycles. The molecule has 0 amide bonds. The summed E-state index contributed by atoms with van der Waals surface area (Å²) in [5.74, 6) is 0.678. The number of benzene rings is 2. The van der Waals surface area contributed by atoms with Gasteiger partial charge < -0.3 is 14.6 Å². The molecule has 0 atom stereocenters. The summed E-state index contributed by atoms with van der Waals surface area (Å²) in [7, 11) is 0. The van der Waals surface area contributed by atoms with Gasteiger partial charge in [-0.15, -0.1) is 0 Å². The Balaban J connectivity index is 2.16. The number of aromatic nitrogens is 1. The molecule has 3 aromatic rings. The van der Waals surface area contributed by atoms with Gasteiger partial charge in [0.2, 0.25) is 5.89 Å². The van der Waals surface area contributed by atoms with Crippen molar-refractivity contribution in [2.24, 2.45) is 0 Å². The second-order valence-electron chi connectivity index (χ2n) is 3.99. The van der Waals surface area contributed by atoms with Crippen molar-refractivity contribution in [1.29, 1.82) is 0 Å². The van der Waals surface area contributed by atoms with E-state index in [1.54, 1.807) is 30.3 Å². The fourth-order valence-electron chi connectivity index (χ4n) is 1.86. The summed E-state index contributed by atoms with van der Waals surface area (Å²) in [6.45, 7) is -0.0818. The van der Waals surface area contributed by atoms with Crippen LogP contribution in [-0.4, -0.2) is 15.2 Å². The zero-order valence-electron chi connectivity index (χ0n) is 9.50. The van der Waals surface area contributed by atoms with Crippen LogP contribution in [0.3, 0.4) is 0 Å². The van der Waals surface area contributed by atoms with Crippen LogP contribution in [0.1, 0.15) is 5.56 Å². The molecule has 0 saturated heterocycles. The Morgan fingerprint density at radius 2 is 1.83 bits per heavy atom. The second kappa shape index (κ2) is 4.16. The van der Waals surface area contributed by atoms with Crippen LogP contribution in [0.25, 0.3) is 22.6 Å². The number of phenolic OH excluding ortho intramolecular Hbond substituents is 1. The summed E-state index contributed by atoms with van der Waals surface area (Å²) in [5, 5.41) is 18.5. The van der Waals surface area contributed by atoms with Crippen LogP contribution in [0.4, 0.5) is 0 Å². The number of nitrogens with zero attached hydrogens (tertiary/aromatic N) is 1. The van der Waals surface area contributed by atoms with Gasteiger partial charge in [0.15, 0.2) is 5.58 Å². The fourth-order valence-corrected chi connectivity index (χ4v) is 1.86. The molecule has 0 radical (unpaired) electrons. The number of phenols is 1. The summed E-state index contributed by atoms with van der Waals surface area (Å²) in [5.41, 5.74) is 2.81. The van der Waals surface area contributed by atoms with Crippen molar-refractivity contribution in [2.75, 3.05) is 0 Å². The molecule has 18 heavy (non-hydrogen) atoms. The van der Waals surface area contributed by atoms with E-state index in [0.717, 1.165) is 5.56 Å². The molecule has 4 heteroatoms. The molecule has 0 bridgehead atoms. The average molecular weight is 241 g/mol. The summed E-state index contributed by atoms with van der Waals surface area (Å²) in [6, 6.07) is 12.1. The van der Waals surface area contributed by atoms with Crippen LogP contribution < -0.4 is 0 Å². The summed E-state index contributed by atoms with van der Waals surface area (Å²) >= 11 is 0. The highest BCUT2D eigenvalue weighted by molar-refractivity contribution is 5.79. The van der Waals surface area contributed by atoms with Gasteiger partial charge in [-0.2, -0.15) is 0 Å². The molecule has 0 aliphatic carbocycles. The molecule has 4 nitrogen and oxygen atoms in total. The van der Waals surface area contributed by atoms with E-state index in [2.05, 4.69) is 4.98 Å². The first-order valence-electron chi connectivity index (χ1n) is 5.56. The van der Waals surface area contributed by atoms with E-state index < -0.39 is 0 Å². The van der Waals surface area contributed by atoms with Crippen molar-refractivity contribution in [3.8, 4) is 17.2 Å². The number of rotatable bonds is 2. The third kappa shape index (κ3) is 1.72. The number of fused-ring (bicyclic) bond motifs is 1. The third-order valence-electron chi connectivity index (χ3n) is 2.78. The van der Waals surface area contributed by atoms with Gasteiger partial charge in [-0.3, -0.25) is 0 Å². The lowest BCUT2D eigenvalue weighted by Crippen LogP contribution is -1.81. The molecule has 0 aliphatic heterocycles. The van der Waals surface area contributed by atoms with Crippen LogP contribution in [0, 0.1) is 0 Å². The highest BCUT2D eigenvalue weighted by Gasteiger charge is 2.10. The van der Waals surface area contributed by atoms with Gasteiger partial charge in [-0.25, -0.2) is 4.98 Å². The number of hydrogen-bond donors (Lipinski definition) is 2. The number of aliphatic hydroxyl groups excluding tert-OH is 1. The maximum absolute atomic E-state index is 9.24. The Morgan fingerprint density at radius 1 is 1.06 bits per heavy atom. The molecule has 90 valence electrons. The van der Waals surface area contributed by atoms with E-state index in [4.69, 9.17) is 4.42 Å². The maximum atomic E-state index is 9.24. The van der Waals surface area contributed by atoms with Gasteiger partial charge >= 0.3 is 0 Å². The summed E-state index contributed by atoms with van der Waals surface area (Å²) in [4.78, 5) is 4.36. The molecule has 1 heterocycles. The van der Waals surface area contributed by atoms with E-state index in [0.29, 0.717) is 22.6 Å². The number of hydrogen-bond acceptors (Lipinski definition) is 4. The number of aliphatic hydroxyl groups is 1. The SMILES string of the molecule is OCc1cccc2nc(-c3ccc(O)cc3)oc12. The fraction of sp³-hybridized carbons (Fsp3) is 0.0714. The first-order chi connectivity index (χ1) is 8.78. The molecule has 2 N–H and O–H groups in total. The predicted octanol–water partition coefficient (Wildman–Crippen LogP) is 2.69. The molecule has 3 rings (SSSR count). The molecule has 0 unspecified atom stereocenters. The summed E-state index contributed by atoms with van der Waals surface area (Å²) < 4.78 is 5.66. The third-order valence-corrected chi connectivity index (χ3v) is 2.78. The van der Waals surface area contributed by atoms with Crippen molar-refractivity contribution in [3.05, 3.63) is 48.0 Å². The smallest absolute Gasteiger partial charge is 0.227 e. The lowest BCUT2D eigenvalue weighted by molar-refractivity contribution is 0.282. The Hall–Kier alpha value is -2.33. The Morgan fingerprint density at radius 3 is 2.56 bits per heavy atom. The van der Waals surface area contributed by atoms with Crippen LogP contribution >= 0.6 is 0 Å². The minimum absolute atomic E-state index is 0.0818. The zero-order valence-corrected chi connectivity index (χ0v) is 9.50. The van der Waals surface area contributed by atoms with E-state index >= 15 is 0 Å². The predicted molar refractivity (Wildman–Crippen MR) is 67.0 cm³/mol. The highest BCUT2D eigenvalue weighted by atomic mass is 16.3. The monoisotopic (exact) mass is 241 g/mol. The molecule has 0 saturated carbocycles. The quantitative estimate of drug-likeness (QED) is 0.723. The number of para-hydroxylation sites is 1. The van der Waals surface area contributed by atoms with Gasteiger partial charge in [0.25, 0.3) is 0 Å². The standard InChI is InChI=1S/C14H11NO3/c16-8-10-2-1-3-12-13(10)18-14(15-12)9-4-6-11(17)7-5-9/h1-7,16-17H,8H2. The van der Waals surface area contributed by atoms with Crippen LogP contribution in [0.2, 0.25) is 0 Å². The van der Waals surface area contributed by atoms with E-state index in [1.807, 2.05) is 12.1 Å². The zero-order chi connectivity index (χ0) is 12.5. The van der Waals surface area contributed by atoms with Crippen LogP contribution in [-0.2, 0) is 6.61 Å². The van der Waals surface area contributed by atoms with Crippen LogP contribution in [0.5, 0.6) is 5.75 Å². The molecule has 0 spiro atoms. The van der Waals surface area contributed by atoms with Gasteiger partial charge in [0.05, 0.1) is 6.61 Å². The Labute approximate surface area is 103 Å². The molecule has 1 aromatic heterocycles. The van der Waals surface area contributed by atoms with Gasteiger partial charge in [0.1, 0.15) is 11.3 Å². The molecular formula is C14H11NO3. The van der Waals surface area contributed by atoms with Crippen molar-refractivity contribution in [2.45, 2.75) is 6.61 Å². The van der Waals surface area contributed by atoms with Gasteiger partial charge in [-0.1, -0.05) is 12.1 Å². The normalized spacial score (nSPS) is 10.9. The largest absolute Gasteiger partial charge is 0.508 e. The Bertz CT molecular complexity index is 686. The van der Waals surface area contributed by atoms with E-state index in [-0.39, 0.29) is 12.4 Å². The van der Waals surface area contributed by atoms with Crippen molar-refractivity contribution >= 4 is 11.1 Å². The van der Waals surface area contributed by atoms with E-state index in [9.17, 15) is 10.2 Å². The minimum Gasteiger partial charge on any atom is -0.508 e. The molecule has 0 aliphatic rings. The maximum Gasteiger partial charge on any atom is 0.227 e. The van der Waals surface area contributed by atoms with E-state index in [1.165, 1.54) is 0 Å². The lowest BCUT2D eigenvalue weighted by Gasteiger charge is -1.96. The van der Waals surface area contributed by atoms with Crippen LogP contribution in [0.15, 0.2) is 46.9 Å². The summed E-state index contributed by atoms with van der Waals surface area (Å²) in [6.07, 6.45) is 0. The lowest BCUT2D eigenvalue weighted by atomic mass is 10.2. The Kier molecular flexibility index (Phi) is 2.50. The topological polar surface area (TPSA) is 66.5 Å². The number of oxazole rings is 1. The first-order valence-corrected chi connectivity index (χ1v) is 5.56. The number of aromatic hydroxyl groups is 1. The minimum atomic E-state index is -0.0818. The average Bonchev–Trinajstić information content (AvgIpc) is 2.83. The van der Waals surface area contributed by atoms with Gasteiger partial charge in [-0.05, 0) is 30.3 Å². The van der Waals surface area contributed by atoms with Crippen molar-refractivity contribution < 1.29 is 14.6 Å². The van der Waals surface area contributed by atoms with Crippen molar-refractivity contribution in [1.82, 2.24) is 4.98 Å². The van der Waals surface area contributed by atoms with Gasteiger partial charge in [0, 0.05) is 11.1 Å². The second-order valence-corrected chi connectivity index (χ2v) is 3.99. The molecule has 0 fully saturated rings. The van der Waals surface area contributed by atoms with Crippen molar-refractivity contribution in [3.63, 3.8) is 0 Å². The molecular weight excluding hydrogens is 230 g/mol. The first kappa shape index (κ1) is 10.8. The highest BCUT2D eigenvalue weighted by Crippen LogP contribution is 2.27.